The molecular formula is C13H23BrN2O2. The fourth-order valence-electron chi connectivity index (χ4n) is 2.04. The van der Waals surface area contributed by atoms with Gasteiger partial charge in [0.05, 0.1) is 22.5 Å². The summed E-state index contributed by atoms with van der Waals surface area (Å²) in [6.45, 7) is 10.7. The lowest BCUT2D eigenvalue weighted by molar-refractivity contribution is -0.0623. The molecule has 0 aliphatic rings. The summed E-state index contributed by atoms with van der Waals surface area (Å²) in [6, 6.07) is 0.204. The number of aromatic nitrogens is 2. The zero-order valence-corrected chi connectivity index (χ0v) is 13.3. The molecule has 2 atom stereocenters. The number of aliphatic hydroxyl groups is 1. The maximum atomic E-state index is 10.6. The third-order valence-corrected chi connectivity index (χ3v) is 3.49. The quantitative estimate of drug-likeness (QED) is 0.875. The van der Waals surface area contributed by atoms with Gasteiger partial charge in [-0.25, -0.2) is 0 Å². The van der Waals surface area contributed by atoms with Crippen molar-refractivity contribution in [1.29, 1.82) is 0 Å². The van der Waals surface area contributed by atoms with Crippen LogP contribution in [0.2, 0.25) is 0 Å². The average Bonchev–Trinajstić information content (AvgIpc) is 2.66. The monoisotopic (exact) mass is 318 g/mol. The molecule has 0 aliphatic heterocycles. The van der Waals surface area contributed by atoms with Crippen molar-refractivity contribution in [2.24, 2.45) is 5.92 Å². The summed E-state index contributed by atoms with van der Waals surface area (Å²) in [5, 5.41) is 14.9. The average molecular weight is 319 g/mol. The van der Waals surface area contributed by atoms with Crippen LogP contribution in [-0.2, 0) is 4.74 Å². The van der Waals surface area contributed by atoms with E-state index < -0.39 is 6.10 Å². The van der Waals surface area contributed by atoms with Gasteiger partial charge in [0.15, 0.2) is 0 Å². The lowest BCUT2D eigenvalue weighted by Gasteiger charge is -2.27. The fourth-order valence-corrected chi connectivity index (χ4v) is 2.54. The Hall–Kier alpha value is -0.390. The van der Waals surface area contributed by atoms with Crippen LogP contribution in [0.25, 0.3) is 0 Å². The van der Waals surface area contributed by atoms with E-state index in [9.17, 15) is 5.11 Å². The highest BCUT2D eigenvalue weighted by Crippen LogP contribution is 2.31. The largest absolute Gasteiger partial charge is 0.384 e. The molecule has 0 amide bonds. The minimum atomic E-state index is -0.677. The standard InChI is InChI=1S/C13H23BrN2O2/c1-6-18-13(8(2)3)12(17)11-10(14)7-15-16(11)9(4)5/h7-9,12-13,17H,6H2,1-5H3. The summed E-state index contributed by atoms with van der Waals surface area (Å²) in [5.74, 6) is 0.238. The zero-order valence-electron chi connectivity index (χ0n) is 11.7. The predicted molar refractivity (Wildman–Crippen MR) is 75.5 cm³/mol. The van der Waals surface area contributed by atoms with E-state index in [2.05, 4.69) is 21.0 Å². The summed E-state index contributed by atoms with van der Waals surface area (Å²) in [4.78, 5) is 0. The van der Waals surface area contributed by atoms with Crippen molar-refractivity contribution in [3.8, 4) is 0 Å². The first-order valence-corrected chi connectivity index (χ1v) is 7.22. The minimum Gasteiger partial charge on any atom is -0.384 e. The summed E-state index contributed by atoms with van der Waals surface area (Å²) >= 11 is 3.46. The molecule has 1 aromatic rings. The Labute approximate surface area is 117 Å². The van der Waals surface area contributed by atoms with Crippen molar-refractivity contribution >= 4 is 15.9 Å². The highest BCUT2D eigenvalue weighted by atomic mass is 79.9. The topological polar surface area (TPSA) is 47.3 Å². The fraction of sp³-hybridized carbons (Fsp3) is 0.769. The molecule has 0 bridgehead atoms. The first-order valence-electron chi connectivity index (χ1n) is 6.42. The maximum absolute atomic E-state index is 10.6. The van der Waals surface area contributed by atoms with E-state index in [4.69, 9.17) is 4.74 Å². The summed E-state index contributed by atoms with van der Waals surface area (Å²) < 4.78 is 8.33. The molecular weight excluding hydrogens is 296 g/mol. The summed E-state index contributed by atoms with van der Waals surface area (Å²) in [6.07, 6.45) is 0.826. The van der Waals surface area contributed by atoms with Crippen LogP contribution >= 0.6 is 15.9 Å². The van der Waals surface area contributed by atoms with Gasteiger partial charge in [0, 0.05) is 12.6 Å². The Balaban J connectivity index is 3.07. The Morgan fingerprint density at radius 3 is 2.44 bits per heavy atom. The van der Waals surface area contributed by atoms with E-state index in [0.717, 1.165) is 10.2 Å². The Kier molecular flexibility index (Phi) is 5.82. The second-order valence-corrected chi connectivity index (χ2v) is 5.88. The normalized spacial score (nSPS) is 15.4. The molecule has 1 heterocycles. The molecule has 0 aromatic carbocycles. The van der Waals surface area contributed by atoms with Crippen LogP contribution in [0.15, 0.2) is 10.7 Å². The molecule has 18 heavy (non-hydrogen) atoms. The molecule has 4 nitrogen and oxygen atoms in total. The minimum absolute atomic E-state index is 0.204. The van der Waals surface area contributed by atoms with Crippen molar-refractivity contribution < 1.29 is 9.84 Å². The van der Waals surface area contributed by atoms with Gasteiger partial charge in [-0.15, -0.1) is 0 Å². The van der Waals surface area contributed by atoms with E-state index in [1.54, 1.807) is 6.20 Å². The summed E-state index contributed by atoms with van der Waals surface area (Å²) in [5.41, 5.74) is 0.789. The third-order valence-electron chi connectivity index (χ3n) is 2.88. The molecule has 1 aromatic heterocycles. The van der Waals surface area contributed by atoms with Gasteiger partial charge < -0.3 is 9.84 Å². The molecule has 0 aliphatic carbocycles. The van der Waals surface area contributed by atoms with E-state index in [0.29, 0.717) is 6.61 Å². The number of hydrogen-bond donors (Lipinski definition) is 1. The lowest BCUT2D eigenvalue weighted by atomic mass is 9.99. The molecule has 0 fully saturated rings. The van der Waals surface area contributed by atoms with Gasteiger partial charge >= 0.3 is 0 Å². The van der Waals surface area contributed by atoms with Gasteiger partial charge in [0.2, 0.25) is 0 Å². The van der Waals surface area contributed by atoms with E-state index in [1.807, 2.05) is 39.3 Å². The molecule has 104 valence electrons. The van der Waals surface area contributed by atoms with Crippen LogP contribution in [-0.4, -0.2) is 27.6 Å². The predicted octanol–water partition coefficient (Wildman–Crippen LogP) is 3.32. The lowest BCUT2D eigenvalue weighted by Crippen LogP contribution is -2.30. The van der Waals surface area contributed by atoms with Gasteiger partial charge in [-0.2, -0.15) is 5.10 Å². The molecule has 0 radical (unpaired) electrons. The molecule has 0 saturated carbocycles. The van der Waals surface area contributed by atoms with Crippen LogP contribution in [0.5, 0.6) is 0 Å². The molecule has 0 spiro atoms. The van der Waals surface area contributed by atoms with E-state index in [-0.39, 0.29) is 18.1 Å². The second kappa shape index (κ2) is 6.68. The highest BCUT2D eigenvalue weighted by Gasteiger charge is 2.29. The number of aliphatic hydroxyl groups excluding tert-OH is 1. The van der Waals surface area contributed by atoms with Crippen LogP contribution in [0, 0.1) is 5.92 Å². The first kappa shape index (κ1) is 15.7. The first-order chi connectivity index (χ1) is 8.40. The summed E-state index contributed by atoms with van der Waals surface area (Å²) in [7, 11) is 0. The number of halogens is 1. The van der Waals surface area contributed by atoms with Gasteiger partial charge in [0.25, 0.3) is 0 Å². The van der Waals surface area contributed by atoms with Gasteiger partial charge in [-0.1, -0.05) is 13.8 Å². The van der Waals surface area contributed by atoms with E-state index >= 15 is 0 Å². The third kappa shape index (κ3) is 3.33. The van der Waals surface area contributed by atoms with Crippen molar-refractivity contribution in [2.75, 3.05) is 6.61 Å². The van der Waals surface area contributed by atoms with Crippen LogP contribution < -0.4 is 0 Å². The van der Waals surface area contributed by atoms with Gasteiger partial charge in [0.1, 0.15) is 6.10 Å². The molecule has 1 rings (SSSR count). The van der Waals surface area contributed by atoms with Gasteiger partial charge in [-0.3, -0.25) is 4.68 Å². The number of nitrogens with zero attached hydrogens (tertiary/aromatic N) is 2. The zero-order chi connectivity index (χ0) is 13.9. The molecule has 1 N–H and O–H groups in total. The Bertz CT molecular complexity index is 377. The van der Waals surface area contributed by atoms with Crippen LogP contribution in [0.1, 0.15) is 52.5 Å². The Morgan fingerprint density at radius 2 is 2.00 bits per heavy atom. The molecule has 0 saturated heterocycles. The number of hydrogen-bond acceptors (Lipinski definition) is 3. The van der Waals surface area contributed by atoms with Crippen LogP contribution in [0.4, 0.5) is 0 Å². The van der Waals surface area contributed by atoms with Crippen molar-refractivity contribution in [2.45, 2.75) is 52.9 Å². The van der Waals surface area contributed by atoms with Crippen molar-refractivity contribution in [3.63, 3.8) is 0 Å². The SMILES string of the molecule is CCOC(C(C)C)C(O)c1c(Br)cnn1C(C)C. The highest BCUT2D eigenvalue weighted by molar-refractivity contribution is 9.10. The smallest absolute Gasteiger partial charge is 0.123 e. The van der Waals surface area contributed by atoms with Crippen molar-refractivity contribution in [3.05, 3.63) is 16.4 Å². The number of ether oxygens (including phenoxy) is 1. The van der Waals surface area contributed by atoms with Gasteiger partial charge in [-0.05, 0) is 42.6 Å². The number of rotatable bonds is 6. The second-order valence-electron chi connectivity index (χ2n) is 5.02. The van der Waals surface area contributed by atoms with Crippen LogP contribution in [0.3, 0.4) is 0 Å². The maximum Gasteiger partial charge on any atom is 0.123 e. The molecule has 5 heteroatoms. The Morgan fingerprint density at radius 1 is 1.39 bits per heavy atom. The molecule has 2 unspecified atom stereocenters. The van der Waals surface area contributed by atoms with E-state index in [1.165, 1.54) is 0 Å². The van der Waals surface area contributed by atoms with Crippen molar-refractivity contribution in [1.82, 2.24) is 9.78 Å².